The number of halogens is 2. The monoisotopic (exact) mass is 429 g/mol. The van der Waals surface area contributed by atoms with Gasteiger partial charge in [-0.2, -0.15) is 0 Å². The molecule has 0 amide bonds. The lowest BCUT2D eigenvalue weighted by Gasteiger charge is -2.18. The number of esters is 1. The van der Waals surface area contributed by atoms with Crippen molar-refractivity contribution in [3.63, 3.8) is 0 Å². The number of nitrogens with one attached hydrogen (secondary N) is 1. The third kappa shape index (κ3) is 5.66. The van der Waals surface area contributed by atoms with Gasteiger partial charge in [-0.1, -0.05) is 59.6 Å². The van der Waals surface area contributed by atoms with Gasteiger partial charge in [-0.05, 0) is 43.3 Å². The summed E-state index contributed by atoms with van der Waals surface area (Å²) >= 11 is 12.4. The normalized spacial score (nSPS) is 11.6. The maximum atomic E-state index is 12.4. The van der Waals surface area contributed by atoms with Crippen molar-refractivity contribution in [3.05, 3.63) is 94.0 Å². The second-order valence-electron chi connectivity index (χ2n) is 6.24. The van der Waals surface area contributed by atoms with Gasteiger partial charge in [0.25, 0.3) is 0 Å². The molecule has 0 saturated heterocycles. The van der Waals surface area contributed by atoms with Gasteiger partial charge in [0.05, 0.1) is 6.61 Å². The summed E-state index contributed by atoms with van der Waals surface area (Å²) in [5, 5.41) is 4.51. The molecule has 0 heterocycles. The molecule has 1 N–H and O–H groups in total. The minimum atomic E-state index is -0.822. The van der Waals surface area contributed by atoms with Crippen LogP contribution in [0.1, 0.15) is 24.2 Å². The van der Waals surface area contributed by atoms with Crippen molar-refractivity contribution < 1.29 is 14.3 Å². The van der Waals surface area contributed by atoms with Crippen molar-refractivity contribution in [2.75, 3.05) is 11.9 Å². The average molecular weight is 430 g/mol. The third-order valence-corrected chi connectivity index (χ3v) is 4.95. The van der Waals surface area contributed by atoms with Gasteiger partial charge < -0.3 is 14.8 Å². The Morgan fingerprint density at radius 3 is 2.21 bits per heavy atom. The van der Waals surface area contributed by atoms with Gasteiger partial charge in [0, 0.05) is 33.4 Å². The van der Waals surface area contributed by atoms with Crippen molar-refractivity contribution in [2.24, 2.45) is 0 Å². The van der Waals surface area contributed by atoms with E-state index in [1.807, 2.05) is 48.5 Å². The fourth-order valence-corrected chi connectivity index (χ4v) is 3.31. The van der Waals surface area contributed by atoms with Gasteiger partial charge in [0.1, 0.15) is 5.75 Å². The zero-order chi connectivity index (χ0) is 20.6. The van der Waals surface area contributed by atoms with Crippen molar-refractivity contribution >= 4 is 34.9 Å². The summed E-state index contributed by atoms with van der Waals surface area (Å²) in [5.74, 6) is 0.141. The van der Waals surface area contributed by atoms with Gasteiger partial charge in [-0.25, -0.2) is 4.79 Å². The van der Waals surface area contributed by atoms with Crippen LogP contribution in [0.15, 0.2) is 72.8 Å². The van der Waals surface area contributed by atoms with E-state index in [1.165, 1.54) is 0 Å². The minimum absolute atomic E-state index is 0.291. The first kappa shape index (κ1) is 21.0. The highest BCUT2D eigenvalue weighted by Crippen LogP contribution is 2.27. The first-order chi connectivity index (χ1) is 14.1. The van der Waals surface area contributed by atoms with Crippen LogP contribution in [-0.2, 0) is 16.1 Å². The van der Waals surface area contributed by atoms with E-state index >= 15 is 0 Å². The molecule has 0 spiro atoms. The van der Waals surface area contributed by atoms with E-state index in [9.17, 15) is 4.79 Å². The zero-order valence-corrected chi connectivity index (χ0v) is 17.4. The molecule has 0 aromatic heterocycles. The van der Waals surface area contributed by atoms with E-state index in [-0.39, 0.29) is 0 Å². The lowest BCUT2D eigenvalue weighted by Crippen LogP contribution is -2.21. The predicted octanol–water partition coefficient (Wildman–Crippen LogP) is 6.29. The van der Waals surface area contributed by atoms with Crippen molar-refractivity contribution in [3.8, 4) is 5.75 Å². The number of benzene rings is 3. The van der Waals surface area contributed by atoms with Crippen molar-refractivity contribution in [1.29, 1.82) is 0 Å². The molecule has 29 heavy (non-hydrogen) atoms. The number of hydrogen-bond acceptors (Lipinski definition) is 4. The molecular formula is C23H21Cl2NO3. The zero-order valence-electron chi connectivity index (χ0n) is 15.9. The standard InChI is InChI=1S/C23H21Cl2NO3/c1-2-28-23(27)22(16-7-4-3-5-8-16)29-18-13-11-17(12-14-18)26-15-19-20(24)9-6-10-21(19)25/h3-14,22,26H,2,15H2,1H3. The summed E-state index contributed by atoms with van der Waals surface area (Å²) in [5.41, 5.74) is 2.45. The molecule has 0 aliphatic carbocycles. The molecule has 0 saturated carbocycles. The quantitative estimate of drug-likeness (QED) is 0.427. The number of rotatable bonds is 8. The highest BCUT2D eigenvalue weighted by atomic mass is 35.5. The Labute approximate surface area is 180 Å². The smallest absolute Gasteiger partial charge is 0.352 e. The molecule has 0 aliphatic rings. The van der Waals surface area contributed by atoms with E-state index in [1.54, 1.807) is 31.2 Å². The molecule has 3 rings (SSSR count). The lowest BCUT2D eigenvalue weighted by atomic mass is 10.1. The molecular weight excluding hydrogens is 409 g/mol. The molecule has 0 aliphatic heterocycles. The number of anilines is 1. The van der Waals surface area contributed by atoms with E-state index in [2.05, 4.69) is 5.32 Å². The van der Waals surface area contributed by atoms with Crippen LogP contribution in [0.3, 0.4) is 0 Å². The highest BCUT2D eigenvalue weighted by molar-refractivity contribution is 6.36. The third-order valence-electron chi connectivity index (χ3n) is 4.24. The van der Waals surface area contributed by atoms with Crippen molar-refractivity contribution in [1.82, 2.24) is 0 Å². The summed E-state index contributed by atoms with van der Waals surface area (Å²) in [6.07, 6.45) is -0.822. The Hall–Kier alpha value is -2.69. The van der Waals surface area contributed by atoms with Crippen LogP contribution in [0.2, 0.25) is 10.0 Å². The van der Waals surface area contributed by atoms with E-state index < -0.39 is 12.1 Å². The molecule has 0 fully saturated rings. The van der Waals surface area contributed by atoms with Crippen LogP contribution in [0.25, 0.3) is 0 Å². The second kappa shape index (κ2) is 10.2. The van der Waals surface area contributed by atoms with Crippen LogP contribution < -0.4 is 10.1 Å². The molecule has 150 valence electrons. The number of carbonyl (C=O) groups is 1. The topological polar surface area (TPSA) is 47.6 Å². The molecule has 1 atom stereocenters. The summed E-state index contributed by atoms with van der Waals surface area (Å²) < 4.78 is 11.1. The highest BCUT2D eigenvalue weighted by Gasteiger charge is 2.24. The first-order valence-corrected chi connectivity index (χ1v) is 9.99. The molecule has 0 bridgehead atoms. The van der Waals surface area contributed by atoms with E-state index in [4.69, 9.17) is 32.7 Å². The SMILES string of the molecule is CCOC(=O)C(Oc1ccc(NCc2c(Cl)cccc2Cl)cc1)c1ccccc1. The molecule has 1 unspecified atom stereocenters. The maximum Gasteiger partial charge on any atom is 0.352 e. The Kier molecular flexibility index (Phi) is 7.39. The van der Waals surface area contributed by atoms with Gasteiger partial charge >= 0.3 is 5.97 Å². The van der Waals surface area contributed by atoms with E-state index in [0.29, 0.717) is 28.9 Å². The number of ether oxygens (including phenoxy) is 2. The predicted molar refractivity (Wildman–Crippen MR) is 117 cm³/mol. The van der Waals surface area contributed by atoms with Crippen molar-refractivity contribution in [2.45, 2.75) is 19.6 Å². The van der Waals surface area contributed by atoms with Crippen LogP contribution in [0.4, 0.5) is 5.69 Å². The average Bonchev–Trinajstić information content (AvgIpc) is 2.73. The first-order valence-electron chi connectivity index (χ1n) is 9.23. The summed E-state index contributed by atoms with van der Waals surface area (Å²) in [4.78, 5) is 12.4. The number of hydrogen-bond donors (Lipinski definition) is 1. The van der Waals surface area contributed by atoms with Gasteiger partial charge in [-0.15, -0.1) is 0 Å². The second-order valence-corrected chi connectivity index (χ2v) is 7.05. The Bertz CT molecular complexity index is 926. The summed E-state index contributed by atoms with van der Waals surface area (Å²) in [6.45, 7) is 2.55. The Balaban J connectivity index is 1.69. The lowest BCUT2D eigenvalue weighted by molar-refractivity contribution is -0.151. The molecule has 3 aromatic carbocycles. The summed E-state index contributed by atoms with van der Waals surface area (Å²) in [7, 11) is 0. The van der Waals surface area contributed by atoms with Crippen LogP contribution in [0, 0.1) is 0 Å². The maximum absolute atomic E-state index is 12.4. The minimum Gasteiger partial charge on any atom is -0.474 e. The van der Waals surface area contributed by atoms with Crippen LogP contribution >= 0.6 is 23.2 Å². The molecule has 6 heteroatoms. The fraction of sp³-hybridized carbons (Fsp3) is 0.174. The number of carbonyl (C=O) groups excluding carboxylic acids is 1. The Morgan fingerprint density at radius 2 is 1.59 bits per heavy atom. The van der Waals surface area contributed by atoms with Crippen LogP contribution in [0.5, 0.6) is 5.75 Å². The van der Waals surface area contributed by atoms with E-state index in [0.717, 1.165) is 16.8 Å². The van der Waals surface area contributed by atoms with Gasteiger partial charge in [0.15, 0.2) is 0 Å². The van der Waals surface area contributed by atoms with Gasteiger partial charge in [0.2, 0.25) is 6.10 Å². The largest absolute Gasteiger partial charge is 0.474 e. The molecule has 0 radical (unpaired) electrons. The van der Waals surface area contributed by atoms with Crippen LogP contribution in [-0.4, -0.2) is 12.6 Å². The van der Waals surface area contributed by atoms with Gasteiger partial charge in [-0.3, -0.25) is 0 Å². The summed E-state index contributed by atoms with van der Waals surface area (Å²) in [6, 6.07) is 22.0. The fourth-order valence-electron chi connectivity index (χ4n) is 2.78. The molecule has 3 aromatic rings. The Morgan fingerprint density at radius 1 is 0.931 bits per heavy atom. The molecule has 4 nitrogen and oxygen atoms in total.